The van der Waals surface area contributed by atoms with Crippen LogP contribution in [0.3, 0.4) is 0 Å². The van der Waals surface area contributed by atoms with Crippen molar-refractivity contribution in [1.29, 1.82) is 0 Å². The third-order valence-electron chi connectivity index (χ3n) is 8.69. The number of carbonyl (C=O) groups is 2. The lowest BCUT2D eigenvalue weighted by atomic mass is 9.44. The number of aliphatic hydroxyl groups excluding tert-OH is 2. The molecule has 9 atom stereocenters. The third kappa shape index (κ3) is 2.30. The smallest absolute Gasteiger partial charge is 0.178 e. The first-order chi connectivity index (χ1) is 13.4. The molecule has 0 saturated heterocycles. The second-order valence-corrected chi connectivity index (χ2v) is 11.0. The number of carbonyl (C=O) groups excluding carboxylic acids is 2. The fraction of sp³-hybridized carbons (Fsp3) is 0.727. The molecule has 4 nitrogen and oxygen atoms in total. The molecule has 0 heterocycles. The predicted molar refractivity (Wildman–Crippen MR) is 107 cm³/mol. The largest absolute Gasteiger partial charge is 0.390 e. The summed E-state index contributed by atoms with van der Waals surface area (Å²) in [4.78, 5) is 24.6. The normalized spacial score (nSPS) is 53.7. The molecule has 2 N–H and O–H groups in total. The maximum absolute atomic E-state index is 16.9. The first-order valence-electron chi connectivity index (χ1n) is 10.2. The Hall–Kier alpha value is -0.920. The van der Waals surface area contributed by atoms with Gasteiger partial charge in [-0.05, 0) is 61.2 Å². The van der Waals surface area contributed by atoms with Crippen LogP contribution in [0.2, 0.25) is 0 Å². The number of fused-ring (bicyclic) bond motifs is 5. The van der Waals surface area contributed by atoms with Crippen molar-refractivity contribution in [2.75, 3.05) is 6.61 Å². The third-order valence-corrected chi connectivity index (χ3v) is 10.8. The molecule has 160 valence electrons. The van der Waals surface area contributed by atoms with Crippen LogP contribution in [0.25, 0.3) is 0 Å². The van der Waals surface area contributed by atoms with Crippen LogP contribution >= 0.6 is 15.9 Å². The molecule has 5 unspecified atom stereocenters. The fourth-order valence-corrected chi connectivity index (χ4v) is 7.99. The van der Waals surface area contributed by atoms with E-state index in [1.807, 2.05) is 13.8 Å². The summed E-state index contributed by atoms with van der Waals surface area (Å²) in [6.45, 7) is 4.62. The Balaban J connectivity index is 1.87. The Morgan fingerprint density at radius 3 is 2.59 bits per heavy atom. The highest BCUT2D eigenvalue weighted by Crippen LogP contribution is 2.72. The SMILES string of the molecule is CC1CC2C3CC(F)C4=CC(=O)C=C[C@]4(C)[C@@]3(F)C(O)C[C@]2(C)[C@@]1(Br)C(=O)CO. The zero-order valence-electron chi connectivity index (χ0n) is 16.8. The average molecular weight is 473 g/mol. The fourth-order valence-electron chi connectivity index (χ4n) is 7.22. The van der Waals surface area contributed by atoms with Gasteiger partial charge in [0.1, 0.15) is 12.8 Å². The molecule has 0 spiro atoms. The topological polar surface area (TPSA) is 74.6 Å². The van der Waals surface area contributed by atoms with Crippen molar-refractivity contribution in [3.8, 4) is 0 Å². The first-order valence-corrected chi connectivity index (χ1v) is 11.0. The van der Waals surface area contributed by atoms with Crippen molar-refractivity contribution in [3.05, 3.63) is 23.8 Å². The molecule has 0 bridgehead atoms. The van der Waals surface area contributed by atoms with Crippen molar-refractivity contribution in [2.45, 2.75) is 62.3 Å². The molecule has 3 fully saturated rings. The van der Waals surface area contributed by atoms with Gasteiger partial charge in [-0.15, -0.1) is 0 Å². The Kier molecular flexibility index (Phi) is 4.63. The molecular weight excluding hydrogens is 446 g/mol. The minimum atomic E-state index is -2.15. The van der Waals surface area contributed by atoms with Crippen LogP contribution in [0.1, 0.15) is 40.0 Å². The highest BCUT2D eigenvalue weighted by Gasteiger charge is 2.76. The van der Waals surface area contributed by atoms with E-state index in [1.54, 1.807) is 6.92 Å². The highest BCUT2D eigenvalue weighted by molar-refractivity contribution is 9.10. The summed E-state index contributed by atoms with van der Waals surface area (Å²) >= 11 is 3.59. The number of halogens is 3. The van der Waals surface area contributed by atoms with Crippen LogP contribution in [-0.4, -0.2) is 50.7 Å². The van der Waals surface area contributed by atoms with Crippen molar-refractivity contribution >= 4 is 27.5 Å². The van der Waals surface area contributed by atoms with E-state index in [0.29, 0.717) is 6.42 Å². The van der Waals surface area contributed by atoms with E-state index in [9.17, 15) is 19.8 Å². The van der Waals surface area contributed by atoms with Crippen LogP contribution in [0.4, 0.5) is 8.78 Å². The summed E-state index contributed by atoms with van der Waals surface area (Å²) in [5, 5.41) is 20.7. The van der Waals surface area contributed by atoms with Crippen LogP contribution in [0.15, 0.2) is 23.8 Å². The maximum atomic E-state index is 16.9. The summed E-state index contributed by atoms with van der Waals surface area (Å²) < 4.78 is 31.1. The Morgan fingerprint density at radius 1 is 1.31 bits per heavy atom. The van der Waals surface area contributed by atoms with Gasteiger partial charge in [0.2, 0.25) is 0 Å². The van der Waals surface area contributed by atoms with E-state index in [-0.39, 0.29) is 36.0 Å². The molecule has 29 heavy (non-hydrogen) atoms. The van der Waals surface area contributed by atoms with Gasteiger partial charge in [0.15, 0.2) is 17.2 Å². The minimum Gasteiger partial charge on any atom is -0.390 e. The summed E-state index contributed by atoms with van der Waals surface area (Å²) in [6, 6.07) is 0. The van der Waals surface area contributed by atoms with E-state index < -0.39 is 51.4 Å². The van der Waals surface area contributed by atoms with Gasteiger partial charge in [0.05, 0.1) is 10.4 Å². The van der Waals surface area contributed by atoms with Gasteiger partial charge in [-0.25, -0.2) is 8.78 Å². The molecule has 0 radical (unpaired) electrons. The molecule has 4 rings (SSSR count). The van der Waals surface area contributed by atoms with Crippen LogP contribution in [0.5, 0.6) is 0 Å². The molecule has 0 amide bonds. The molecule has 0 aromatic carbocycles. The number of hydrogen-bond donors (Lipinski definition) is 2. The van der Waals surface area contributed by atoms with E-state index in [2.05, 4.69) is 15.9 Å². The second-order valence-electron chi connectivity index (χ2n) is 9.79. The Morgan fingerprint density at radius 2 is 1.97 bits per heavy atom. The lowest BCUT2D eigenvalue weighted by molar-refractivity contribution is -0.199. The number of aliphatic hydroxyl groups is 2. The number of ketones is 2. The van der Waals surface area contributed by atoms with Gasteiger partial charge < -0.3 is 10.2 Å². The van der Waals surface area contributed by atoms with Crippen molar-refractivity contribution < 1.29 is 28.6 Å². The zero-order chi connectivity index (χ0) is 21.6. The van der Waals surface area contributed by atoms with Gasteiger partial charge in [-0.2, -0.15) is 0 Å². The summed E-state index contributed by atoms with van der Waals surface area (Å²) in [7, 11) is 0. The van der Waals surface area contributed by atoms with E-state index >= 15 is 8.78 Å². The lowest BCUT2D eigenvalue weighted by Gasteiger charge is -2.63. The van der Waals surface area contributed by atoms with Gasteiger partial charge >= 0.3 is 0 Å². The number of Topliss-reactive ketones (excluding diaryl/α,β-unsaturated/α-hetero) is 1. The van der Waals surface area contributed by atoms with E-state index in [4.69, 9.17) is 0 Å². The van der Waals surface area contributed by atoms with Gasteiger partial charge in [-0.1, -0.05) is 35.9 Å². The van der Waals surface area contributed by atoms with Crippen molar-refractivity contribution in [2.24, 2.45) is 28.6 Å². The highest BCUT2D eigenvalue weighted by atomic mass is 79.9. The average Bonchev–Trinajstić information content (AvgIpc) is 2.86. The Labute approximate surface area is 177 Å². The quantitative estimate of drug-likeness (QED) is 0.604. The Bertz CT molecular complexity index is 843. The number of allylic oxidation sites excluding steroid dienone is 4. The maximum Gasteiger partial charge on any atom is 0.178 e. The van der Waals surface area contributed by atoms with E-state index in [0.717, 1.165) is 0 Å². The number of rotatable bonds is 2. The molecule has 4 aliphatic rings. The van der Waals surface area contributed by atoms with Crippen LogP contribution in [-0.2, 0) is 9.59 Å². The minimum absolute atomic E-state index is 0.00755. The number of hydrogen-bond acceptors (Lipinski definition) is 4. The molecule has 3 saturated carbocycles. The van der Waals surface area contributed by atoms with Gasteiger partial charge in [0, 0.05) is 11.3 Å². The monoisotopic (exact) mass is 472 g/mol. The van der Waals surface area contributed by atoms with Crippen molar-refractivity contribution in [1.82, 2.24) is 0 Å². The lowest BCUT2D eigenvalue weighted by Crippen LogP contribution is -2.69. The first kappa shape index (κ1) is 21.3. The molecular formula is C22H27BrF2O4. The second kappa shape index (κ2) is 6.30. The summed E-state index contributed by atoms with van der Waals surface area (Å²) in [5.74, 6) is -2.16. The predicted octanol–water partition coefficient (Wildman–Crippen LogP) is 3.25. The standard InChI is InChI=1S/C22H27BrF2O4/c1-11-6-13-14-8-16(24)15-7-12(27)4-5-19(15,2)22(14,25)17(28)9-20(13,3)21(11,23)18(29)10-26/h4-5,7,11,13-14,16-17,26,28H,6,8-10H2,1-3H3/t11?,13?,14?,16?,17?,19-,20-,21-,22-/m0/s1. The summed E-state index contributed by atoms with van der Waals surface area (Å²) in [6.07, 6.45) is 1.25. The molecule has 7 heteroatoms. The molecule has 0 aliphatic heterocycles. The van der Waals surface area contributed by atoms with Gasteiger partial charge in [0.25, 0.3) is 0 Å². The molecule has 0 aromatic rings. The van der Waals surface area contributed by atoms with E-state index in [1.165, 1.54) is 18.2 Å². The van der Waals surface area contributed by atoms with Crippen LogP contribution in [0, 0.1) is 28.6 Å². The summed E-state index contributed by atoms with van der Waals surface area (Å²) in [5.41, 5.74) is -4.32. The zero-order valence-corrected chi connectivity index (χ0v) is 18.4. The van der Waals surface area contributed by atoms with Gasteiger partial charge in [-0.3, -0.25) is 9.59 Å². The van der Waals surface area contributed by atoms with Crippen LogP contribution < -0.4 is 0 Å². The van der Waals surface area contributed by atoms with Crippen molar-refractivity contribution in [3.63, 3.8) is 0 Å². The molecule has 4 aliphatic carbocycles. The molecule has 0 aromatic heterocycles. The number of alkyl halides is 3.